The zero-order valence-corrected chi connectivity index (χ0v) is 12.7. The fourth-order valence-corrected chi connectivity index (χ4v) is 1.72. The Balaban J connectivity index is 0.000000367. The fraction of sp³-hybridized carbons (Fsp3) is 0.786. The molecule has 0 aromatic carbocycles. The summed E-state index contributed by atoms with van der Waals surface area (Å²) < 4.78 is 1.34. The molecule has 1 rings (SSSR count). The van der Waals surface area contributed by atoms with E-state index in [0.29, 0.717) is 0 Å². The Labute approximate surface area is 121 Å². The van der Waals surface area contributed by atoms with Crippen molar-refractivity contribution >= 4 is 5.97 Å². The number of hydrogen-bond donors (Lipinski definition) is 2. The van der Waals surface area contributed by atoms with E-state index in [1.54, 1.807) is 7.05 Å². The number of carboxylic acids is 1. The van der Waals surface area contributed by atoms with E-state index in [0.717, 1.165) is 6.54 Å². The molecule has 1 heterocycles. The van der Waals surface area contributed by atoms with Crippen LogP contribution in [0, 0.1) is 0 Å². The molecule has 20 heavy (non-hydrogen) atoms. The highest BCUT2D eigenvalue weighted by molar-refractivity contribution is 5.82. The molecule has 0 radical (unpaired) electrons. The van der Waals surface area contributed by atoms with E-state index in [1.165, 1.54) is 62.4 Å². The Morgan fingerprint density at radius 2 is 1.75 bits per heavy atom. The lowest BCUT2D eigenvalue weighted by Gasteiger charge is -1.99. The SMILES string of the molecule is CCCCCCCCCCN.Cn1cnc(C(=O)O)n1. The normalized spacial score (nSPS) is 9.95. The summed E-state index contributed by atoms with van der Waals surface area (Å²) in [5.74, 6) is -1.27. The molecule has 1 aromatic heterocycles. The number of aromatic carboxylic acids is 1. The van der Waals surface area contributed by atoms with Gasteiger partial charge in [-0.1, -0.05) is 51.9 Å². The van der Waals surface area contributed by atoms with Gasteiger partial charge in [-0.3, -0.25) is 4.68 Å². The van der Waals surface area contributed by atoms with Gasteiger partial charge in [0.25, 0.3) is 5.82 Å². The maximum Gasteiger partial charge on any atom is 0.375 e. The zero-order valence-electron chi connectivity index (χ0n) is 12.7. The molecule has 0 amide bonds. The quantitative estimate of drug-likeness (QED) is 0.680. The molecule has 0 aliphatic rings. The van der Waals surface area contributed by atoms with Crippen LogP contribution in [0.5, 0.6) is 0 Å². The first-order valence-corrected chi connectivity index (χ1v) is 7.40. The second-order valence-electron chi connectivity index (χ2n) is 4.81. The minimum absolute atomic E-state index is 0.169. The van der Waals surface area contributed by atoms with Gasteiger partial charge < -0.3 is 10.8 Å². The highest BCUT2D eigenvalue weighted by atomic mass is 16.4. The Morgan fingerprint density at radius 3 is 2.10 bits per heavy atom. The summed E-state index contributed by atoms with van der Waals surface area (Å²) >= 11 is 0. The molecule has 116 valence electrons. The summed E-state index contributed by atoms with van der Waals surface area (Å²) in [5, 5.41) is 11.8. The van der Waals surface area contributed by atoms with Crippen molar-refractivity contribution in [1.82, 2.24) is 14.8 Å². The van der Waals surface area contributed by atoms with Crippen molar-refractivity contribution in [2.45, 2.75) is 58.3 Å². The highest BCUT2D eigenvalue weighted by Crippen LogP contribution is 2.07. The van der Waals surface area contributed by atoms with Crippen LogP contribution in [0.1, 0.15) is 68.9 Å². The van der Waals surface area contributed by atoms with Gasteiger partial charge in [-0.2, -0.15) is 0 Å². The first-order valence-electron chi connectivity index (χ1n) is 7.40. The summed E-state index contributed by atoms with van der Waals surface area (Å²) in [7, 11) is 1.61. The molecule has 6 heteroatoms. The minimum Gasteiger partial charge on any atom is -0.475 e. The van der Waals surface area contributed by atoms with Gasteiger partial charge in [0, 0.05) is 7.05 Å². The number of nitrogens with two attached hydrogens (primary N) is 1. The predicted molar refractivity (Wildman–Crippen MR) is 79.6 cm³/mol. The third kappa shape index (κ3) is 10.5. The number of rotatable bonds is 9. The van der Waals surface area contributed by atoms with Crippen molar-refractivity contribution in [2.24, 2.45) is 12.8 Å². The molecule has 0 atom stereocenters. The molecule has 0 bridgehead atoms. The Bertz CT molecular complexity index is 345. The molecule has 0 fully saturated rings. The molecule has 1 aromatic rings. The number of nitrogens with zero attached hydrogens (tertiary/aromatic N) is 3. The number of unbranched alkanes of at least 4 members (excludes halogenated alkanes) is 7. The molecule has 0 saturated heterocycles. The minimum atomic E-state index is -1.10. The average Bonchev–Trinajstić information content (AvgIpc) is 2.86. The molecular weight excluding hydrogens is 256 g/mol. The Morgan fingerprint density at radius 1 is 1.20 bits per heavy atom. The lowest BCUT2D eigenvalue weighted by Crippen LogP contribution is -2.00. The van der Waals surface area contributed by atoms with Crippen LogP contribution in [0.25, 0.3) is 0 Å². The van der Waals surface area contributed by atoms with Gasteiger partial charge in [-0.15, -0.1) is 5.10 Å². The first-order chi connectivity index (χ1) is 9.61. The van der Waals surface area contributed by atoms with Crippen LogP contribution < -0.4 is 5.73 Å². The largest absolute Gasteiger partial charge is 0.475 e. The maximum atomic E-state index is 10.1. The molecular formula is C14H28N4O2. The van der Waals surface area contributed by atoms with E-state index < -0.39 is 5.97 Å². The fourth-order valence-electron chi connectivity index (χ4n) is 1.72. The van der Waals surface area contributed by atoms with Crippen molar-refractivity contribution in [3.8, 4) is 0 Å². The molecule has 0 saturated carbocycles. The lowest BCUT2D eigenvalue weighted by atomic mass is 10.1. The smallest absolute Gasteiger partial charge is 0.375 e. The second kappa shape index (κ2) is 12.6. The number of aromatic nitrogens is 3. The van der Waals surface area contributed by atoms with Gasteiger partial charge in [-0.05, 0) is 13.0 Å². The monoisotopic (exact) mass is 284 g/mol. The molecule has 3 N–H and O–H groups in total. The third-order valence-electron chi connectivity index (χ3n) is 2.85. The summed E-state index contributed by atoms with van der Waals surface area (Å²) in [6.45, 7) is 3.13. The summed E-state index contributed by atoms with van der Waals surface area (Å²) in [6, 6.07) is 0. The Kier molecular flexibility index (Phi) is 11.7. The third-order valence-corrected chi connectivity index (χ3v) is 2.85. The summed E-state index contributed by atoms with van der Waals surface area (Å²) in [6.07, 6.45) is 12.3. The van der Waals surface area contributed by atoms with Gasteiger partial charge >= 0.3 is 5.97 Å². The molecule has 6 nitrogen and oxygen atoms in total. The number of carbonyl (C=O) groups is 1. The molecule has 0 aliphatic carbocycles. The van der Waals surface area contributed by atoms with Gasteiger partial charge in [0.15, 0.2) is 0 Å². The van der Waals surface area contributed by atoms with Crippen LogP contribution in [0.3, 0.4) is 0 Å². The van der Waals surface area contributed by atoms with Crippen LogP contribution in [0.15, 0.2) is 6.33 Å². The maximum absolute atomic E-state index is 10.1. The topological polar surface area (TPSA) is 94.0 Å². The summed E-state index contributed by atoms with van der Waals surface area (Å²) in [5.41, 5.74) is 5.39. The average molecular weight is 284 g/mol. The molecule has 0 aliphatic heterocycles. The second-order valence-corrected chi connectivity index (χ2v) is 4.81. The Hall–Kier alpha value is -1.43. The molecule has 0 unspecified atom stereocenters. The van der Waals surface area contributed by atoms with Gasteiger partial charge in [-0.25, -0.2) is 9.78 Å². The number of hydrogen-bond acceptors (Lipinski definition) is 4. The van der Waals surface area contributed by atoms with Crippen LogP contribution in [0.2, 0.25) is 0 Å². The van der Waals surface area contributed by atoms with Crippen LogP contribution in [-0.4, -0.2) is 32.4 Å². The van der Waals surface area contributed by atoms with Gasteiger partial charge in [0.1, 0.15) is 6.33 Å². The van der Waals surface area contributed by atoms with Crippen molar-refractivity contribution in [2.75, 3.05) is 6.54 Å². The van der Waals surface area contributed by atoms with E-state index in [4.69, 9.17) is 10.8 Å². The van der Waals surface area contributed by atoms with E-state index in [-0.39, 0.29) is 5.82 Å². The van der Waals surface area contributed by atoms with E-state index in [9.17, 15) is 4.79 Å². The zero-order chi connectivity index (χ0) is 15.2. The van der Waals surface area contributed by atoms with Gasteiger partial charge in [0.05, 0.1) is 0 Å². The number of aryl methyl sites for hydroxylation is 1. The van der Waals surface area contributed by atoms with Crippen molar-refractivity contribution in [3.63, 3.8) is 0 Å². The van der Waals surface area contributed by atoms with Crippen LogP contribution >= 0.6 is 0 Å². The van der Waals surface area contributed by atoms with Gasteiger partial charge in [0.2, 0.25) is 0 Å². The summed E-state index contributed by atoms with van der Waals surface area (Å²) in [4.78, 5) is 13.5. The lowest BCUT2D eigenvalue weighted by molar-refractivity contribution is 0.0683. The van der Waals surface area contributed by atoms with E-state index in [2.05, 4.69) is 17.0 Å². The highest BCUT2D eigenvalue weighted by Gasteiger charge is 2.05. The van der Waals surface area contributed by atoms with Crippen LogP contribution in [-0.2, 0) is 7.05 Å². The van der Waals surface area contributed by atoms with Crippen molar-refractivity contribution < 1.29 is 9.90 Å². The van der Waals surface area contributed by atoms with E-state index >= 15 is 0 Å². The first kappa shape index (κ1) is 18.6. The van der Waals surface area contributed by atoms with Crippen molar-refractivity contribution in [1.29, 1.82) is 0 Å². The number of carboxylic acid groups (broad SMARTS) is 1. The predicted octanol–water partition coefficient (Wildman–Crippen LogP) is 2.60. The van der Waals surface area contributed by atoms with E-state index in [1.807, 2.05) is 0 Å². The van der Waals surface area contributed by atoms with Crippen molar-refractivity contribution in [3.05, 3.63) is 12.2 Å². The standard InChI is InChI=1S/C10H23N.C4H5N3O2/c1-2-3-4-5-6-7-8-9-10-11;1-7-2-5-3(6-7)4(8)9/h2-11H2,1H3;2H,1H3,(H,8,9). The van der Waals surface area contributed by atoms with Crippen LogP contribution in [0.4, 0.5) is 0 Å². The molecule has 0 spiro atoms.